The van der Waals surface area contributed by atoms with Gasteiger partial charge in [-0.05, 0) is 68.6 Å². The first kappa shape index (κ1) is 65.8. The number of benzene rings is 1. The van der Waals surface area contributed by atoms with Crippen molar-refractivity contribution in [2.24, 2.45) is 17.8 Å². The van der Waals surface area contributed by atoms with E-state index in [-0.39, 0.29) is 78.7 Å². The van der Waals surface area contributed by atoms with Crippen LogP contribution in [-0.4, -0.2) is 125 Å². The number of pyridine rings is 1. The number of carbonyl (C=O) groups excluding carboxylic acids is 6. The molecule has 0 spiro atoms. The second-order valence-corrected chi connectivity index (χ2v) is 27.8. The maximum atomic E-state index is 14.4. The van der Waals surface area contributed by atoms with E-state index in [2.05, 4.69) is 26.6 Å². The number of thiazole rings is 6. The first-order valence-electron chi connectivity index (χ1n) is 28.9. The SMILES string of the molecule is CNC(=O)C[C@@H]1NC(=O)c2csc(n2)-c2ccc(-c3nc(N(CCCC(=O)O)C(=O)CC4CCC(C(=O)O)CC4)cs3)nc2-c2csc(n2)-c2csc(n2)[C@H]([C@@H](O)c2ccccc2)NC(=O)CNC(=O)c2nc(sc2COC)C(C(C)C)NC(=O)c2nc1sc2C. The molecule has 10 rings (SSSR count). The highest BCUT2D eigenvalue weighted by atomic mass is 32.1. The molecule has 31 heteroatoms. The van der Waals surface area contributed by atoms with Gasteiger partial charge in [0, 0.05) is 65.5 Å². The van der Waals surface area contributed by atoms with Gasteiger partial charge < -0.3 is 46.6 Å². The molecule has 1 aromatic carbocycles. The van der Waals surface area contributed by atoms with Gasteiger partial charge in [0.1, 0.15) is 82.2 Å². The Morgan fingerprint density at radius 2 is 1.40 bits per heavy atom. The van der Waals surface area contributed by atoms with Gasteiger partial charge in [0.05, 0.1) is 48.1 Å². The van der Waals surface area contributed by atoms with Crippen LogP contribution >= 0.6 is 68.0 Å². The highest BCUT2D eigenvalue weighted by Gasteiger charge is 2.34. The third kappa shape index (κ3) is 15.6. The van der Waals surface area contributed by atoms with E-state index in [0.29, 0.717) is 100 Å². The fourth-order valence-electron chi connectivity index (χ4n) is 10.4. The number of aryl methyl sites for hydroxylation is 1. The molecule has 8 aromatic rings. The topological polar surface area (TPSA) is 360 Å². The number of aliphatic hydroxyl groups excluding tert-OH is 1. The van der Waals surface area contributed by atoms with Gasteiger partial charge in [0.2, 0.25) is 17.7 Å². The van der Waals surface area contributed by atoms with Crippen molar-refractivity contribution in [2.45, 2.75) is 103 Å². The third-order valence-electron chi connectivity index (χ3n) is 15.2. The van der Waals surface area contributed by atoms with E-state index < -0.39 is 78.2 Å². The molecule has 7 aromatic heterocycles. The molecular formula is C60H63N13O12S6. The monoisotopic (exact) mass is 1350 g/mol. The largest absolute Gasteiger partial charge is 0.481 e. The molecule has 91 heavy (non-hydrogen) atoms. The number of hydrogen-bond donors (Lipinski definition) is 8. The fourth-order valence-corrected chi connectivity index (χ4v) is 16.0. The molecule has 0 saturated heterocycles. The third-order valence-corrected chi connectivity index (χ3v) is 21.0. The molecule has 1 saturated carbocycles. The molecule has 1 fully saturated rings. The molecule has 476 valence electrons. The number of rotatable bonds is 16. The molecule has 25 nitrogen and oxygen atoms in total. The van der Waals surface area contributed by atoms with Crippen LogP contribution in [0.5, 0.6) is 0 Å². The second-order valence-electron chi connectivity index (χ2n) is 21.9. The molecule has 1 unspecified atom stereocenters. The molecule has 2 aliphatic rings. The minimum atomic E-state index is -1.30. The number of aromatic nitrogens is 7. The Hall–Kier alpha value is -8.17. The average Bonchev–Trinajstić information content (AvgIpc) is 1.75. The number of nitrogens with one attached hydrogen (secondary N) is 5. The minimum absolute atomic E-state index is 0.00305. The highest BCUT2D eigenvalue weighted by molar-refractivity contribution is 7.15. The molecule has 1 aliphatic carbocycles. The van der Waals surface area contributed by atoms with Crippen molar-refractivity contribution in [3.8, 4) is 43.4 Å². The fraction of sp³-hybridized carbons (Fsp3) is 0.383. The standard InChI is InChI=1S/C60H63N13O12S6/c1-28(2)45-59-72-48(39(91-59)23-85-5)52(81)62-22-42(75)69-49(50(79)31-10-7-6-8-11-31)58-67-38(26-88-58)56-65-36(24-87-56)47-33(54-66-37(25-86-54)51(80)64-35(21-41(74)61-4)57-71-46(29(3)90-57)53(82)70-45)17-18-34(63-47)55-68-40(27-89-55)73(19-9-12-44(77)78)43(76)20-30-13-15-32(16-14-30)60(83)84/h6-8,10-11,17-18,24-28,30,32,35,45,49-50,79H,9,12-16,19-23H2,1-5H3,(H,61,74)(H,62,81)(H,64,80)(H,69,75)(H,70,82)(H,77,78)(H,83,84)/t30?,32?,35-,45?,49-,50-/m0/s1. The number of nitrogens with zero attached hydrogens (tertiary/aromatic N) is 8. The molecule has 10 bridgehead atoms. The number of ether oxygens (including phenoxy) is 1. The van der Waals surface area contributed by atoms with Crippen LogP contribution < -0.4 is 31.5 Å². The summed E-state index contributed by atoms with van der Waals surface area (Å²) in [4.78, 5) is 144. The van der Waals surface area contributed by atoms with E-state index >= 15 is 0 Å². The molecule has 6 amide bonds. The lowest BCUT2D eigenvalue weighted by atomic mass is 9.80. The maximum Gasteiger partial charge on any atom is 0.306 e. The number of carboxylic acid groups (broad SMARTS) is 2. The normalized spacial score (nSPS) is 18.5. The van der Waals surface area contributed by atoms with Crippen molar-refractivity contribution in [1.82, 2.24) is 61.5 Å². The quantitative estimate of drug-likeness (QED) is 0.0448. The van der Waals surface area contributed by atoms with Crippen LogP contribution in [0.25, 0.3) is 43.4 Å². The Bertz CT molecular complexity index is 4000. The van der Waals surface area contributed by atoms with Gasteiger partial charge in [-0.15, -0.1) is 68.0 Å². The van der Waals surface area contributed by atoms with Crippen LogP contribution in [0.4, 0.5) is 5.82 Å². The zero-order valence-corrected chi connectivity index (χ0v) is 54.6. The summed E-state index contributed by atoms with van der Waals surface area (Å²) in [6, 6.07) is 9.33. The number of anilines is 1. The van der Waals surface area contributed by atoms with Crippen LogP contribution in [0.15, 0.2) is 64.0 Å². The molecule has 0 radical (unpaired) electrons. The lowest BCUT2D eigenvalue weighted by molar-refractivity contribution is -0.143. The first-order valence-corrected chi connectivity index (χ1v) is 34.1. The summed E-state index contributed by atoms with van der Waals surface area (Å²) in [5.41, 5.74) is 2.43. The number of aliphatic carboxylic acids is 2. The predicted octanol–water partition coefficient (Wildman–Crippen LogP) is 8.79. The Kier molecular flexibility index (Phi) is 21.3. The zero-order chi connectivity index (χ0) is 64.6. The zero-order valence-electron chi connectivity index (χ0n) is 49.7. The van der Waals surface area contributed by atoms with Crippen molar-refractivity contribution >= 4 is 121 Å². The van der Waals surface area contributed by atoms with Crippen molar-refractivity contribution in [1.29, 1.82) is 0 Å². The number of carboxylic acids is 2. The summed E-state index contributed by atoms with van der Waals surface area (Å²) >= 11 is 7.06. The van der Waals surface area contributed by atoms with Gasteiger partial charge in [-0.25, -0.2) is 34.9 Å². The molecular weight excluding hydrogens is 1290 g/mol. The van der Waals surface area contributed by atoms with Gasteiger partial charge >= 0.3 is 11.9 Å². The second kappa shape index (κ2) is 29.4. The summed E-state index contributed by atoms with van der Waals surface area (Å²) < 4.78 is 5.46. The van der Waals surface area contributed by atoms with Crippen LogP contribution in [0.3, 0.4) is 0 Å². The first-order chi connectivity index (χ1) is 43.7. The van der Waals surface area contributed by atoms with E-state index in [1.807, 2.05) is 13.8 Å². The molecule has 1 aliphatic heterocycles. The van der Waals surface area contributed by atoms with Crippen LogP contribution in [-0.2, 0) is 35.3 Å². The van der Waals surface area contributed by atoms with E-state index in [1.165, 1.54) is 53.1 Å². The average molecular weight is 1350 g/mol. The number of fused-ring (bicyclic) bond motifs is 14. The number of carbonyl (C=O) groups is 8. The summed E-state index contributed by atoms with van der Waals surface area (Å²) in [5.74, 6) is -5.58. The van der Waals surface area contributed by atoms with E-state index in [4.69, 9.17) is 39.6 Å². The minimum Gasteiger partial charge on any atom is -0.481 e. The van der Waals surface area contributed by atoms with Crippen molar-refractivity contribution in [3.05, 3.63) is 111 Å². The Morgan fingerprint density at radius 1 is 0.692 bits per heavy atom. The van der Waals surface area contributed by atoms with Crippen LogP contribution in [0, 0.1) is 24.7 Å². The van der Waals surface area contributed by atoms with Gasteiger partial charge in [0.25, 0.3) is 17.7 Å². The molecule has 4 atom stereocenters. The van der Waals surface area contributed by atoms with Crippen LogP contribution in [0.1, 0.15) is 151 Å². The summed E-state index contributed by atoms with van der Waals surface area (Å²) in [5, 5.41) is 54.1. The Balaban J connectivity index is 1.04. The van der Waals surface area contributed by atoms with Gasteiger partial charge in [-0.2, -0.15) is 0 Å². The lowest BCUT2D eigenvalue weighted by Crippen LogP contribution is -2.40. The van der Waals surface area contributed by atoms with E-state index in [1.54, 1.807) is 70.9 Å². The van der Waals surface area contributed by atoms with Crippen molar-refractivity contribution < 1.29 is 58.4 Å². The maximum absolute atomic E-state index is 14.4. The number of methoxy groups -OCH3 is 1. The van der Waals surface area contributed by atoms with Crippen molar-refractivity contribution in [3.63, 3.8) is 0 Å². The van der Waals surface area contributed by atoms with Crippen molar-refractivity contribution in [2.75, 3.05) is 32.1 Å². The van der Waals surface area contributed by atoms with E-state index in [9.17, 15) is 53.7 Å². The summed E-state index contributed by atoms with van der Waals surface area (Å²) in [6.45, 7) is 4.98. The molecule has 8 heterocycles. The smallest absolute Gasteiger partial charge is 0.306 e. The molecule has 8 N–H and O–H groups in total. The number of aliphatic hydroxyl groups is 1. The summed E-state index contributed by atoms with van der Waals surface area (Å²) in [6.07, 6.45) is 0.615. The van der Waals surface area contributed by atoms with E-state index in [0.717, 1.165) is 34.0 Å². The van der Waals surface area contributed by atoms with Gasteiger partial charge in [-0.3, -0.25) is 43.3 Å². The Morgan fingerprint density at radius 3 is 2.12 bits per heavy atom. The van der Waals surface area contributed by atoms with Gasteiger partial charge in [-0.1, -0.05) is 44.2 Å². The Labute approximate surface area is 545 Å². The summed E-state index contributed by atoms with van der Waals surface area (Å²) in [7, 11) is 2.92. The lowest BCUT2D eigenvalue weighted by Gasteiger charge is -2.28. The van der Waals surface area contributed by atoms with Gasteiger partial charge in [0.15, 0.2) is 0 Å². The predicted molar refractivity (Wildman–Crippen MR) is 344 cm³/mol. The highest BCUT2D eigenvalue weighted by Crippen LogP contribution is 2.41. The van der Waals surface area contributed by atoms with Crippen LogP contribution in [0.2, 0.25) is 0 Å². The number of amides is 6. The number of hydrogen-bond acceptors (Lipinski definition) is 23.